The molecular weight excluding hydrogens is 478 g/mol. The fourth-order valence-corrected chi connectivity index (χ4v) is 4.92. The number of nitrogens with two attached hydrogens (primary N) is 1. The molecule has 2 aromatic heterocycles. The zero-order chi connectivity index (χ0) is 26.1. The third-order valence-electron chi connectivity index (χ3n) is 7.03. The summed E-state index contributed by atoms with van der Waals surface area (Å²) in [5.74, 6) is 1.97. The Kier molecular flexibility index (Phi) is 6.22. The first kappa shape index (κ1) is 23.7. The smallest absolute Gasteiger partial charge is 0.264 e. The first-order valence-electron chi connectivity index (χ1n) is 12.8. The lowest BCUT2D eigenvalue weighted by atomic mass is 10.0. The van der Waals surface area contributed by atoms with Gasteiger partial charge in [-0.05, 0) is 68.0 Å². The van der Waals surface area contributed by atoms with Crippen LogP contribution in [0, 0.1) is 17.2 Å². The first-order valence-corrected chi connectivity index (χ1v) is 12.8. The van der Waals surface area contributed by atoms with Crippen molar-refractivity contribution in [2.45, 2.75) is 31.7 Å². The van der Waals surface area contributed by atoms with Crippen LogP contribution in [0.1, 0.15) is 31.7 Å². The highest BCUT2D eigenvalue weighted by Crippen LogP contribution is 2.35. The monoisotopic (exact) mass is 505 g/mol. The molecule has 1 amide bonds. The predicted molar refractivity (Wildman–Crippen MR) is 143 cm³/mol. The van der Waals surface area contributed by atoms with Gasteiger partial charge in [0, 0.05) is 18.7 Å². The second-order valence-corrected chi connectivity index (χ2v) is 9.77. The maximum Gasteiger partial charge on any atom is 0.264 e. The maximum atomic E-state index is 13.1. The molecule has 9 heteroatoms. The Hall–Kier alpha value is -4.71. The van der Waals surface area contributed by atoms with Gasteiger partial charge in [-0.15, -0.1) is 0 Å². The van der Waals surface area contributed by atoms with Crippen molar-refractivity contribution in [1.82, 2.24) is 24.6 Å². The largest absolute Gasteiger partial charge is 0.457 e. The Morgan fingerprint density at radius 1 is 1.05 bits per heavy atom. The number of benzene rings is 2. The molecule has 0 radical (unpaired) electrons. The molecule has 1 aliphatic heterocycles. The fraction of sp³-hybridized carbons (Fsp3) is 0.276. The van der Waals surface area contributed by atoms with E-state index in [1.165, 1.54) is 6.33 Å². The standard InChI is InChI=1S/C29H27N7O2/c30-16-21(15-19-8-9-19)29(37)35-14-4-5-22(17-35)36-28-25(27(31)32-18-33-28)26(34-36)20-10-12-24(13-11-20)38-23-6-2-1-3-7-23/h1-3,6-7,10-13,15,18-19,22H,4-5,8-9,14,17H2,(H2,31,32,33). The van der Waals surface area contributed by atoms with Gasteiger partial charge >= 0.3 is 0 Å². The average Bonchev–Trinajstić information content (AvgIpc) is 3.69. The van der Waals surface area contributed by atoms with Crippen LogP contribution in [0.4, 0.5) is 5.82 Å². The number of anilines is 1. The molecule has 38 heavy (non-hydrogen) atoms. The summed E-state index contributed by atoms with van der Waals surface area (Å²) in [5, 5.41) is 15.2. The SMILES string of the molecule is N#CC(=CC1CC1)C(=O)N1CCCC(n2nc(-c3ccc(Oc4ccccc4)cc3)c3c(N)ncnc32)C1. The Morgan fingerprint density at radius 2 is 1.82 bits per heavy atom. The van der Waals surface area contributed by atoms with Crippen LogP contribution in [0.25, 0.3) is 22.3 Å². The zero-order valence-corrected chi connectivity index (χ0v) is 20.8. The maximum absolute atomic E-state index is 13.1. The number of nitrogen functional groups attached to an aromatic ring is 1. The Bertz CT molecular complexity index is 1550. The fourth-order valence-electron chi connectivity index (χ4n) is 4.92. The number of fused-ring (bicyclic) bond motifs is 1. The van der Waals surface area contributed by atoms with Gasteiger partial charge < -0.3 is 15.4 Å². The van der Waals surface area contributed by atoms with E-state index in [2.05, 4.69) is 16.0 Å². The molecule has 6 rings (SSSR count). The number of nitriles is 1. The van der Waals surface area contributed by atoms with E-state index < -0.39 is 0 Å². The molecule has 1 saturated carbocycles. The van der Waals surface area contributed by atoms with Gasteiger partial charge in [-0.3, -0.25) is 4.79 Å². The van der Waals surface area contributed by atoms with Gasteiger partial charge in [-0.25, -0.2) is 14.6 Å². The minimum Gasteiger partial charge on any atom is -0.457 e. The summed E-state index contributed by atoms with van der Waals surface area (Å²) in [6.07, 6.45) is 7.00. The molecule has 2 fully saturated rings. The van der Waals surface area contributed by atoms with Crippen molar-refractivity contribution in [3.63, 3.8) is 0 Å². The van der Waals surface area contributed by atoms with E-state index in [9.17, 15) is 10.1 Å². The number of para-hydroxylation sites is 1. The van der Waals surface area contributed by atoms with Crippen molar-refractivity contribution in [3.8, 4) is 28.8 Å². The molecule has 2 N–H and O–H groups in total. The van der Waals surface area contributed by atoms with E-state index in [-0.39, 0.29) is 17.5 Å². The van der Waals surface area contributed by atoms with Gasteiger partial charge in [0.15, 0.2) is 5.65 Å². The molecule has 2 aromatic carbocycles. The molecule has 0 bridgehead atoms. The average molecular weight is 506 g/mol. The molecule has 2 aliphatic rings. The van der Waals surface area contributed by atoms with Crippen molar-refractivity contribution in [2.24, 2.45) is 5.92 Å². The number of allylic oxidation sites excluding steroid dienone is 1. The highest BCUT2D eigenvalue weighted by atomic mass is 16.5. The Balaban J connectivity index is 1.30. The first-order chi connectivity index (χ1) is 18.6. The van der Waals surface area contributed by atoms with E-state index >= 15 is 0 Å². The number of aromatic nitrogens is 4. The Morgan fingerprint density at radius 3 is 2.55 bits per heavy atom. The minimum atomic E-state index is -0.205. The topological polar surface area (TPSA) is 123 Å². The third-order valence-corrected chi connectivity index (χ3v) is 7.03. The summed E-state index contributed by atoms with van der Waals surface area (Å²) in [7, 11) is 0. The number of ether oxygens (including phenoxy) is 1. The number of hydrogen-bond donors (Lipinski definition) is 1. The van der Waals surface area contributed by atoms with Crippen LogP contribution < -0.4 is 10.5 Å². The van der Waals surface area contributed by atoms with Crippen LogP contribution in [-0.2, 0) is 4.79 Å². The van der Waals surface area contributed by atoms with Crippen molar-refractivity contribution >= 4 is 22.8 Å². The van der Waals surface area contributed by atoms with Crippen LogP contribution in [0.15, 0.2) is 72.6 Å². The van der Waals surface area contributed by atoms with Crippen molar-refractivity contribution in [1.29, 1.82) is 5.26 Å². The minimum absolute atomic E-state index is 0.0974. The van der Waals surface area contributed by atoms with Crippen LogP contribution in [0.5, 0.6) is 11.5 Å². The lowest BCUT2D eigenvalue weighted by molar-refractivity contribution is -0.128. The molecule has 190 valence electrons. The molecule has 1 unspecified atom stereocenters. The van der Waals surface area contributed by atoms with Crippen LogP contribution in [0.3, 0.4) is 0 Å². The summed E-state index contributed by atoms with van der Waals surface area (Å²) in [5.41, 5.74) is 8.73. The number of rotatable bonds is 6. The van der Waals surface area contributed by atoms with E-state index in [0.29, 0.717) is 47.3 Å². The lowest BCUT2D eigenvalue weighted by Gasteiger charge is -2.32. The van der Waals surface area contributed by atoms with Gasteiger partial charge in [-0.1, -0.05) is 24.3 Å². The normalized spacial score (nSPS) is 17.8. The molecular formula is C29H27N7O2. The van der Waals surface area contributed by atoms with Crippen molar-refractivity contribution < 1.29 is 9.53 Å². The molecule has 1 aliphatic carbocycles. The number of piperidine rings is 1. The molecule has 0 spiro atoms. The van der Waals surface area contributed by atoms with Crippen LogP contribution in [-0.4, -0.2) is 43.6 Å². The number of hydrogen-bond acceptors (Lipinski definition) is 7. The van der Waals surface area contributed by atoms with E-state index in [4.69, 9.17) is 15.6 Å². The van der Waals surface area contributed by atoms with Crippen molar-refractivity contribution in [2.75, 3.05) is 18.8 Å². The number of amides is 1. The van der Waals surface area contributed by atoms with E-state index in [1.54, 1.807) is 4.90 Å². The lowest BCUT2D eigenvalue weighted by Crippen LogP contribution is -2.41. The number of nitrogens with zero attached hydrogens (tertiary/aromatic N) is 6. The second kappa shape index (κ2) is 9.98. The predicted octanol–water partition coefficient (Wildman–Crippen LogP) is 4.89. The number of likely N-dealkylation sites (tertiary alicyclic amines) is 1. The summed E-state index contributed by atoms with van der Waals surface area (Å²) >= 11 is 0. The summed E-state index contributed by atoms with van der Waals surface area (Å²) in [4.78, 5) is 23.6. The van der Waals surface area contributed by atoms with Gasteiger partial charge in [0.05, 0.1) is 11.4 Å². The molecule has 1 saturated heterocycles. The quantitative estimate of drug-likeness (QED) is 0.292. The molecule has 1 atom stereocenters. The zero-order valence-electron chi connectivity index (χ0n) is 20.8. The van der Waals surface area contributed by atoms with Crippen LogP contribution in [0.2, 0.25) is 0 Å². The van der Waals surface area contributed by atoms with Gasteiger partial charge in [0.25, 0.3) is 5.91 Å². The number of carbonyl (C=O) groups excluding carboxylic acids is 1. The number of carbonyl (C=O) groups is 1. The van der Waals surface area contributed by atoms with Gasteiger partial charge in [0.2, 0.25) is 0 Å². The van der Waals surface area contributed by atoms with Gasteiger partial charge in [0.1, 0.15) is 41.0 Å². The highest BCUT2D eigenvalue weighted by molar-refractivity contribution is 5.99. The van der Waals surface area contributed by atoms with Crippen molar-refractivity contribution in [3.05, 3.63) is 72.6 Å². The molecule has 4 aromatic rings. The Labute approximate surface area is 220 Å². The summed E-state index contributed by atoms with van der Waals surface area (Å²) in [6.45, 7) is 1.07. The highest BCUT2D eigenvalue weighted by Gasteiger charge is 2.31. The third kappa shape index (κ3) is 4.68. The van der Waals surface area contributed by atoms with E-state index in [0.717, 1.165) is 37.0 Å². The molecule has 3 heterocycles. The molecule has 9 nitrogen and oxygen atoms in total. The summed E-state index contributed by atoms with van der Waals surface area (Å²) in [6, 6.07) is 19.3. The van der Waals surface area contributed by atoms with E-state index in [1.807, 2.05) is 65.4 Å². The van der Waals surface area contributed by atoms with Gasteiger partial charge in [-0.2, -0.15) is 10.4 Å². The second-order valence-electron chi connectivity index (χ2n) is 9.77. The van der Waals surface area contributed by atoms with Crippen LogP contribution >= 0.6 is 0 Å². The summed E-state index contributed by atoms with van der Waals surface area (Å²) < 4.78 is 7.80.